The Morgan fingerprint density at radius 1 is 1.67 bits per heavy atom. The van der Waals surface area contributed by atoms with E-state index in [1.165, 1.54) is 0 Å². The number of amides is 1. The maximum absolute atomic E-state index is 13.0. The molecule has 0 bridgehead atoms. The van der Waals surface area contributed by atoms with Crippen molar-refractivity contribution in [2.24, 2.45) is 0 Å². The first kappa shape index (κ1) is 11.4. The topological polar surface area (TPSA) is 74.8 Å². The summed E-state index contributed by atoms with van der Waals surface area (Å²) >= 11 is 0. The maximum Gasteiger partial charge on any atom is 0.346 e. The second-order valence-electron chi connectivity index (χ2n) is 3.06. The van der Waals surface area contributed by atoms with Gasteiger partial charge in [-0.2, -0.15) is 4.98 Å². The van der Waals surface area contributed by atoms with E-state index in [0.29, 0.717) is 6.42 Å². The molecule has 1 aromatic heterocycles. The monoisotopic (exact) mass is 213 g/mol. The van der Waals surface area contributed by atoms with Crippen molar-refractivity contribution in [2.75, 3.05) is 5.32 Å². The third-order valence-electron chi connectivity index (χ3n) is 1.79. The Hall–Kier alpha value is -1.72. The predicted octanol–water partition coefficient (Wildman–Crippen LogP) is 1.04. The highest BCUT2D eigenvalue weighted by molar-refractivity contribution is 5.89. The van der Waals surface area contributed by atoms with Crippen LogP contribution in [-0.2, 0) is 4.79 Å². The van der Waals surface area contributed by atoms with Gasteiger partial charge in [-0.25, -0.2) is 9.18 Å². The number of nitrogens with zero attached hydrogens (tertiary/aromatic N) is 1. The molecule has 0 radical (unpaired) electrons. The molecule has 0 fully saturated rings. The molecule has 0 spiro atoms. The number of halogens is 1. The van der Waals surface area contributed by atoms with Crippen LogP contribution < -0.4 is 11.0 Å². The van der Waals surface area contributed by atoms with Crippen LogP contribution in [0.2, 0.25) is 0 Å². The van der Waals surface area contributed by atoms with Crippen molar-refractivity contribution in [1.29, 1.82) is 0 Å². The van der Waals surface area contributed by atoms with Crippen molar-refractivity contribution >= 4 is 11.7 Å². The first-order chi connectivity index (χ1) is 7.13. The summed E-state index contributed by atoms with van der Waals surface area (Å²) in [6.07, 6.45) is 2.68. The first-order valence-corrected chi connectivity index (χ1v) is 4.68. The number of H-pyrrole nitrogens is 1. The molecule has 0 atom stereocenters. The third kappa shape index (κ3) is 3.49. The van der Waals surface area contributed by atoms with Gasteiger partial charge < -0.3 is 5.32 Å². The molecular weight excluding hydrogens is 201 g/mol. The summed E-state index contributed by atoms with van der Waals surface area (Å²) in [5.74, 6) is -1.30. The van der Waals surface area contributed by atoms with Crippen LogP contribution in [0.3, 0.4) is 0 Å². The van der Waals surface area contributed by atoms with Gasteiger partial charge in [-0.15, -0.1) is 0 Å². The molecule has 0 saturated heterocycles. The Morgan fingerprint density at radius 2 is 2.40 bits per heavy atom. The number of hydrogen-bond donors (Lipinski definition) is 2. The quantitative estimate of drug-likeness (QED) is 0.784. The molecule has 0 saturated carbocycles. The summed E-state index contributed by atoms with van der Waals surface area (Å²) in [6.45, 7) is 1.95. The van der Waals surface area contributed by atoms with Crippen LogP contribution in [0.1, 0.15) is 26.2 Å². The maximum atomic E-state index is 13.0. The van der Waals surface area contributed by atoms with Crippen molar-refractivity contribution in [3.63, 3.8) is 0 Å². The molecule has 5 nitrogen and oxygen atoms in total. The van der Waals surface area contributed by atoms with Gasteiger partial charge in [0.2, 0.25) is 5.91 Å². The van der Waals surface area contributed by atoms with Gasteiger partial charge in [-0.05, 0) is 6.42 Å². The first-order valence-electron chi connectivity index (χ1n) is 4.68. The molecular formula is C9H12FN3O2. The lowest BCUT2D eigenvalue weighted by Crippen LogP contribution is -2.19. The third-order valence-corrected chi connectivity index (χ3v) is 1.79. The highest BCUT2D eigenvalue weighted by Gasteiger charge is 2.07. The zero-order chi connectivity index (χ0) is 11.3. The highest BCUT2D eigenvalue weighted by Crippen LogP contribution is 2.06. The molecule has 1 rings (SSSR count). The number of anilines is 1. The molecule has 15 heavy (non-hydrogen) atoms. The number of nitrogens with one attached hydrogen (secondary N) is 2. The lowest BCUT2D eigenvalue weighted by molar-refractivity contribution is -0.116. The predicted molar refractivity (Wildman–Crippen MR) is 53.0 cm³/mol. The van der Waals surface area contributed by atoms with Gasteiger partial charge in [-0.3, -0.25) is 9.78 Å². The molecule has 82 valence electrons. The molecule has 6 heteroatoms. The van der Waals surface area contributed by atoms with Crippen LogP contribution in [0.4, 0.5) is 10.2 Å². The lowest BCUT2D eigenvalue weighted by Gasteiger charge is -2.04. The summed E-state index contributed by atoms with van der Waals surface area (Å²) in [4.78, 5) is 27.2. The Labute approximate surface area is 85.7 Å². The molecule has 1 amide bonds. The van der Waals surface area contributed by atoms with Crippen LogP contribution in [-0.4, -0.2) is 15.9 Å². The number of aromatic amines is 1. The zero-order valence-electron chi connectivity index (χ0n) is 8.34. The Bertz CT molecular complexity index is 403. The fourth-order valence-electron chi connectivity index (χ4n) is 1.01. The summed E-state index contributed by atoms with van der Waals surface area (Å²) in [5, 5.41) is 2.28. The minimum absolute atomic E-state index is 0.226. The van der Waals surface area contributed by atoms with E-state index in [9.17, 15) is 14.0 Å². The van der Waals surface area contributed by atoms with Crippen LogP contribution >= 0.6 is 0 Å². The van der Waals surface area contributed by atoms with Crippen molar-refractivity contribution < 1.29 is 9.18 Å². The standard InChI is InChI=1S/C9H12FN3O2/c1-2-3-4-7(14)12-8-6(10)5-11-9(15)13-8/h5H,2-4H2,1H3,(H2,11,12,13,14,15). The number of hydrogen-bond acceptors (Lipinski definition) is 3. The van der Waals surface area contributed by atoms with Gasteiger partial charge in [-0.1, -0.05) is 13.3 Å². The Morgan fingerprint density at radius 3 is 3.07 bits per heavy atom. The van der Waals surface area contributed by atoms with E-state index in [1.807, 2.05) is 6.92 Å². The number of unbranched alkanes of at least 4 members (excludes halogenated alkanes) is 1. The van der Waals surface area contributed by atoms with E-state index in [4.69, 9.17) is 0 Å². The molecule has 1 aromatic rings. The zero-order valence-corrected chi connectivity index (χ0v) is 8.34. The molecule has 0 aromatic carbocycles. The van der Waals surface area contributed by atoms with Gasteiger partial charge in [0.1, 0.15) is 0 Å². The van der Waals surface area contributed by atoms with Crippen molar-refractivity contribution in [3.8, 4) is 0 Å². The number of carbonyl (C=O) groups is 1. The van der Waals surface area contributed by atoms with Crippen LogP contribution in [0.15, 0.2) is 11.0 Å². The second kappa shape index (κ2) is 5.23. The smallest absolute Gasteiger partial charge is 0.310 e. The Balaban J connectivity index is 2.67. The van der Waals surface area contributed by atoms with Crippen molar-refractivity contribution in [1.82, 2.24) is 9.97 Å². The van der Waals surface area contributed by atoms with Gasteiger partial charge in [0.25, 0.3) is 0 Å². The fourth-order valence-corrected chi connectivity index (χ4v) is 1.01. The van der Waals surface area contributed by atoms with Gasteiger partial charge in [0, 0.05) is 6.42 Å². The van der Waals surface area contributed by atoms with Gasteiger partial charge >= 0.3 is 5.69 Å². The average Bonchev–Trinajstić information content (AvgIpc) is 2.20. The second-order valence-corrected chi connectivity index (χ2v) is 3.06. The summed E-state index contributed by atoms with van der Waals surface area (Å²) in [5.41, 5.74) is -0.692. The summed E-state index contributed by atoms with van der Waals surface area (Å²) in [7, 11) is 0. The van der Waals surface area contributed by atoms with Crippen LogP contribution in [0, 0.1) is 5.82 Å². The summed E-state index contributed by atoms with van der Waals surface area (Å²) < 4.78 is 13.0. The van der Waals surface area contributed by atoms with Crippen molar-refractivity contribution in [3.05, 3.63) is 22.5 Å². The fraction of sp³-hybridized carbons (Fsp3) is 0.444. The molecule has 0 aliphatic rings. The SMILES string of the molecule is CCCCC(=O)Nc1[nH]c(=O)ncc1F. The number of aromatic nitrogens is 2. The minimum atomic E-state index is -0.751. The molecule has 1 heterocycles. The van der Waals surface area contributed by atoms with E-state index in [-0.39, 0.29) is 11.7 Å². The molecule has 0 aliphatic heterocycles. The number of carbonyl (C=O) groups excluding carboxylic acids is 1. The normalized spacial score (nSPS) is 10.0. The largest absolute Gasteiger partial charge is 0.346 e. The van der Waals surface area contributed by atoms with Crippen LogP contribution in [0.5, 0.6) is 0 Å². The van der Waals surface area contributed by atoms with E-state index in [1.54, 1.807) is 0 Å². The van der Waals surface area contributed by atoms with Gasteiger partial charge in [0.15, 0.2) is 11.6 Å². The van der Waals surface area contributed by atoms with E-state index >= 15 is 0 Å². The van der Waals surface area contributed by atoms with Crippen molar-refractivity contribution in [2.45, 2.75) is 26.2 Å². The van der Waals surface area contributed by atoms with Crippen LogP contribution in [0.25, 0.3) is 0 Å². The minimum Gasteiger partial charge on any atom is -0.310 e. The van der Waals surface area contributed by atoms with Gasteiger partial charge in [0.05, 0.1) is 6.20 Å². The van der Waals surface area contributed by atoms with E-state index in [2.05, 4.69) is 15.3 Å². The van der Waals surface area contributed by atoms with E-state index in [0.717, 1.165) is 19.0 Å². The summed E-state index contributed by atoms with van der Waals surface area (Å²) in [6, 6.07) is 0. The van der Waals surface area contributed by atoms with E-state index < -0.39 is 11.5 Å². The average molecular weight is 213 g/mol. The molecule has 0 aliphatic carbocycles. The number of rotatable bonds is 4. The Kier molecular flexibility index (Phi) is 3.96. The molecule has 2 N–H and O–H groups in total. The lowest BCUT2D eigenvalue weighted by atomic mass is 10.2. The molecule has 0 unspecified atom stereocenters. The highest BCUT2D eigenvalue weighted by atomic mass is 19.1.